The molecule has 1 aliphatic rings. The Bertz CT molecular complexity index is 293. The summed E-state index contributed by atoms with van der Waals surface area (Å²) in [5.74, 6) is -1.59. The molecule has 0 aliphatic carbocycles. The number of carbonyl (C=O) groups is 2. The topological polar surface area (TPSA) is 102 Å². The van der Waals surface area contributed by atoms with Crippen LogP contribution in [0.15, 0.2) is 0 Å². The fourth-order valence-electron chi connectivity index (χ4n) is 1.81. The van der Waals surface area contributed by atoms with Crippen molar-refractivity contribution in [3.05, 3.63) is 0 Å². The Balaban J connectivity index is 2.54. The maximum Gasteiger partial charge on any atom is 0.326 e. The van der Waals surface area contributed by atoms with Crippen molar-refractivity contribution in [3.63, 3.8) is 0 Å². The molecule has 3 atom stereocenters. The lowest BCUT2D eigenvalue weighted by Gasteiger charge is -2.19. The van der Waals surface area contributed by atoms with Gasteiger partial charge in [-0.25, -0.2) is 4.79 Å². The van der Waals surface area contributed by atoms with Crippen LogP contribution in [0.4, 0.5) is 0 Å². The maximum atomic E-state index is 11.8. The Hall–Kier alpha value is -1.14. The number of carbonyl (C=O) groups excluding carboxylic acids is 1. The largest absolute Gasteiger partial charge is 0.480 e. The van der Waals surface area contributed by atoms with Crippen LogP contribution in [0.2, 0.25) is 0 Å². The van der Waals surface area contributed by atoms with Gasteiger partial charge in [-0.2, -0.15) is 0 Å². The van der Waals surface area contributed by atoms with Crippen LogP contribution in [-0.2, 0) is 14.3 Å². The normalized spacial score (nSPS) is 25.9. The van der Waals surface area contributed by atoms with Crippen LogP contribution in [0.25, 0.3) is 0 Å². The van der Waals surface area contributed by atoms with E-state index in [4.69, 9.17) is 15.6 Å². The van der Waals surface area contributed by atoms with E-state index in [1.54, 1.807) is 0 Å². The first-order valence-electron chi connectivity index (χ1n) is 5.78. The minimum absolute atomic E-state index is 0.199. The molecule has 2 unspecified atom stereocenters. The van der Waals surface area contributed by atoms with Gasteiger partial charge in [-0.1, -0.05) is 13.8 Å². The van der Waals surface area contributed by atoms with Gasteiger partial charge in [-0.3, -0.25) is 4.79 Å². The van der Waals surface area contributed by atoms with Crippen LogP contribution in [-0.4, -0.2) is 42.3 Å². The summed E-state index contributed by atoms with van der Waals surface area (Å²) in [6.07, 6.45) is 0.407. The summed E-state index contributed by atoms with van der Waals surface area (Å²) < 4.78 is 5.08. The van der Waals surface area contributed by atoms with Gasteiger partial charge >= 0.3 is 5.97 Å². The summed E-state index contributed by atoms with van der Waals surface area (Å²) in [4.78, 5) is 22.8. The van der Waals surface area contributed by atoms with Crippen molar-refractivity contribution in [2.24, 2.45) is 17.6 Å². The Morgan fingerprint density at radius 2 is 2.12 bits per heavy atom. The molecule has 1 rings (SSSR count). The Kier molecular flexibility index (Phi) is 4.89. The number of carboxylic acid groups (broad SMARTS) is 1. The van der Waals surface area contributed by atoms with Crippen LogP contribution in [0.3, 0.4) is 0 Å². The van der Waals surface area contributed by atoms with Gasteiger partial charge in [0.15, 0.2) is 0 Å². The van der Waals surface area contributed by atoms with Crippen molar-refractivity contribution in [1.82, 2.24) is 5.32 Å². The fraction of sp³-hybridized carbons (Fsp3) is 0.818. The predicted molar refractivity (Wildman–Crippen MR) is 61.3 cm³/mol. The molecule has 0 aromatic rings. The molecule has 0 spiro atoms. The molecule has 6 nitrogen and oxygen atoms in total. The molecular formula is C11H20N2O4. The zero-order valence-electron chi connectivity index (χ0n) is 10.2. The van der Waals surface area contributed by atoms with Gasteiger partial charge in [-0.05, 0) is 12.3 Å². The van der Waals surface area contributed by atoms with E-state index in [1.165, 1.54) is 0 Å². The highest BCUT2D eigenvalue weighted by atomic mass is 16.5. The van der Waals surface area contributed by atoms with Crippen molar-refractivity contribution in [2.75, 3.05) is 13.2 Å². The van der Waals surface area contributed by atoms with Gasteiger partial charge in [0.05, 0.1) is 19.1 Å². The van der Waals surface area contributed by atoms with Gasteiger partial charge in [-0.15, -0.1) is 0 Å². The Labute approximate surface area is 101 Å². The highest BCUT2D eigenvalue weighted by Gasteiger charge is 2.33. The summed E-state index contributed by atoms with van der Waals surface area (Å²) in [6.45, 7) is 4.43. The number of ether oxygens (including phenoxy) is 1. The molecule has 98 valence electrons. The van der Waals surface area contributed by atoms with Gasteiger partial charge in [0, 0.05) is 6.04 Å². The Morgan fingerprint density at radius 1 is 1.47 bits per heavy atom. The predicted octanol–water partition coefficient (Wildman–Crippen LogP) is -0.424. The molecule has 1 fully saturated rings. The third-order valence-corrected chi connectivity index (χ3v) is 2.78. The second-order valence-electron chi connectivity index (χ2n) is 4.84. The van der Waals surface area contributed by atoms with E-state index in [1.807, 2.05) is 13.8 Å². The zero-order chi connectivity index (χ0) is 13.0. The first-order valence-corrected chi connectivity index (χ1v) is 5.78. The van der Waals surface area contributed by atoms with E-state index in [-0.39, 0.29) is 24.5 Å². The SMILES string of the molecule is CC(C)C[C@@H](NC(=O)C1COCC1N)C(=O)O. The number of rotatable bonds is 5. The van der Waals surface area contributed by atoms with E-state index in [9.17, 15) is 9.59 Å². The molecule has 1 saturated heterocycles. The second-order valence-corrected chi connectivity index (χ2v) is 4.84. The smallest absolute Gasteiger partial charge is 0.326 e. The average molecular weight is 244 g/mol. The fourth-order valence-corrected chi connectivity index (χ4v) is 1.81. The quantitative estimate of drug-likeness (QED) is 0.609. The van der Waals surface area contributed by atoms with Crippen molar-refractivity contribution < 1.29 is 19.4 Å². The van der Waals surface area contributed by atoms with Gasteiger partial charge < -0.3 is 20.9 Å². The second kappa shape index (κ2) is 5.97. The van der Waals surface area contributed by atoms with E-state index in [2.05, 4.69) is 5.32 Å². The Morgan fingerprint density at radius 3 is 2.53 bits per heavy atom. The molecule has 0 bridgehead atoms. The third kappa shape index (κ3) is 3.98. The first-order chi connectivity index (χ1) is 7.91. The van der Waals surface area contributed by atoms with Crippen molar-refractivity contribution in [1.29, 1.82) is 0 Å². The minimum Gasteiger partial charge on any atom is -0.480 e. The monoisotopic (exact) mass is 244 g/mol. The third-order valence-electron chi connectivity index (χ3n) is 2.78. The number of amides is 1. The lowest BCUT2D eigenvalue weighted by atomic mass is 10.0. The highest BCUT2D eigenvalue weighted by molar-refractivity contribution is 5.85. The molecule has 6 heteroatoms. The summed E-state index contributed by atoms with van der Waals surface area (Å²) in [5, 5.41) is 11.5. The standard InChI is InChI=1S/C11H20N2O4/c1-6(2)3-9(11(15)16)13-10(14)7-4-17-5-8(7)12/h6-9H,3-5,12H2,1-2H3,(H,13,14)(H,15,16)/t7?,8?,9-/m1/s1. The molecule has 1 amide bonds. The molecular weight excluding hydrogens is 224 g/mol. The van der Waals surface area contributed by atoms with Crippen molar-refractivity contribution in [3.8, 4) is 0 Å². The summed E-state index contributed by atoms with van der Waals surface area (Å²) in [6, 6.07) is -1.20. The van der Waals surface area contributed by atoms with E-state index in [0.717, 1.165) is 0 Å². The van der Waals surface area contributed by atoms with Crippen LogP contribution in [0, 0.1) is 11.8 Å². The summed E-state index contributed by atoms with van der Waals surface area (Å²) in [5.41, 5.74) is 5.70. The molecule has 0 radical (unpaired) electrons. The average Bonchev–Trinajstić information content (AvgIpc) is 2.62. The molecule has 0 aromatic heterocycles. The van der Waals surface area contributed by atoms with Gasteiger partial charge in [0.25, 0.3) is 0 Å². The van der Waals surface area contributed by atoms with Crippen molar-refractivity contribution >= 4 is 11.9 Å². The van der Waals surface area contributed by atoms with Gasteiger partial charge in [0.1, 0.15) is 6.04 Å². The summed E-state index contributed by atoms with van der Waals surface area (Å²) in [7, 11) is 0. The van der Waals surface area contributed by atoms with Crippen LogP contribution in [0.5, 0.6) is 0 Å². The number of aliphatic carboxylic acids is 1. The number of nitrogens with two attached hydrogens (primary N) is 1. The molecule has 0 saturated carbocycles. The maximum absolute atomic E-state index is 11.8. The van der Waals surface area contributed by atoms with Crippen LogP contribution < -0.4 is 11.1 Å². The molecule has 1 aliphatic heterocycles. The van der Waals surface area contributed by atoms with Gasteiger partial charge in [0.2, 0.25) is 5.91 Å². The lowest BCUT2D eigenvalue weighted by molar-refractivity contribution is -0.143. The number of nitrogens with one attached hydrogen (secondary N) is 1. The minimum atomic E-state index is -1.01. The number of hydrogen-bond acceptors (Lipinski definition) is 4. The van der Waals surface area contributed by atoms with E-state index in [0.29, 0.717) is 13.0 Å². The molecule has 17 heavy (non-hydrogen) atoms. The number of hydrogen-bond donors (Lipinski definition) is 3. The van der Waals surface area contributed by atoms with Crippen molar-refractivity contribution in [2.45, 2.75) is 32.4 Å². The van der Waals surface area contributed by atoms with E-state index < -0.39 is 17.9 Å². The molecule has 4 N–H and O–H groups in total. The molecule has 1 heterocycles. The lowest BCUT2D eigenvalue weighted by Crippen LogP contribution is -2.48. The van der Waals surface area contributed by atoms with Crippen LogP contribution >= 0.6 is 0 Å². The van der Waals surface area contributed by atoms with Crippen LogP contribution in [0.1, 0.15) is 20.3 Å². The zero-order valence-corrected chi connectivity index (χ0v) is 10.2. The number of carboxylic acids is 1. The molecule has 0 aromatic carbocycles. The van der Waals surface area contributed by atoms with E-state index >= 15 is 0 Å². The summed E-state index contributed by atoms with van der Waals surface area (Å²) >= 11 is 0. The first kappa shape index (κ1) is 13.9. The highest BCUT2D eigenvalue weighted by Crippen LogP contribution is 2.13.